The highest BCUT2D eigenvalue weighted by Crippen LogP contribution is 2.30. The molecule has 0 bridgehead atoms. The number of halogens is 1. The van der Waals surface area contributed by atoms with Gasteiger partial charge in [-0.15, -0.1) is 35.1 Å². The Balaban J connectivity index is 0.00000192. The Morgan fingerprint density at radius 3 is 2.96 bits per heavy atom. The lowest BCUT2D eigenvalue weighted by Crippen LogP contribution is -2.35. The molecule has 1 saturated heterocycles. The van der Waals surface area contributed by atoms with Crippen LogP contribution in [0.5, 0.6) is 0 Å². The van der Waals surface area contributed by atoms with Crippen LogP contribution in [0.25, 0.3) is 0 Å². The molecule has 0 spiro atoms. The van der Waals surface area contributed by atoms with Crippen LogP contribution in [-0.4, -0.2) is 27.6 Å². The van der Waals surface area contributed by atoms with Gasteiger partial charge in [-0.3, -0.25) is 4.90 Å². The fourth-order valence-electron chi connectivity index (χ4n) is 3.16. The molecule has 2 aromatic heterocycles. The third-order valence-electron chi connectivity index (χ3n) is 4.30. The highest BCUT2D eigenvalue weighted by molar-refractivity contribution is 7.15. The molecule has 0 aromatic carbocycles. The van der Waals surface area contributed by atoms with E-state index < -0.39 is 0 Å². The van der Waals surface area contributed by atoms with Gasteiger partial charge in [0.15, 0.2) is 5.13 Å². The summed E-state index contributed by atoms with van der Waals surface area (Å²) in [4.78, 5) is 8.96. The number of hydrogen-bond donors (Lipinski definition) is 2. The van der Waals surface area contributed by atoms with E-state index in [0.717, 1.165) is 30.8 Å². The van der Waals surface area contributed by atoms with Crippen LogP contribution in [0.3, 0.4) is 0 Å². The van der Waals surface area contributed by atoms with Gasteiger partial charge in [0.05, 0.1) is 6.10 Å². The smallest absolute Gasteiger partial charge is 0.180 e. The van der Waals surface area contributed by atoms with E-state index in [2.05, 4.69) is 9.88 Å². The molecule has 3 rings (SSSR count). The van der Waals surface area contributed by atoms with E-state index in [1.807, 2.05) is 23.7 Å². The highest BCUT2D eigenvalue weighted by Gasteiger charge is 2.25. The van der Waals surface area contributed by atoms with E-state index in [0.29, 0.717) is 11.2 Å². The number of nitrogen functional groups attached to an aromatic ring is 1. The minimum atomic E-state index is -0.350. The van der Waals surface area contributed by atoms with Gasteiger partial charge in [-0.25, -0.2) is 4.98 Å². The number of nitrogens with zero attached hydrogens (tertiary/aromatic N) is 2. The minimum Gasteiger partial charge on any atom is -0.388 e. The lowest BCUT2D eigenvalue weighted by Gasteiger charge is -2.30. The monoisotopic (exact) mass is 373 g/mol. The van der Waals surface area contributed by atoms with Gasteiger partial charge in [0.25, 0.3) is 0 Å². The van der Waals surface area contributed by atoms with Crippen molar-refractivity contribution >= 4 is 40.2 Å². The summed E-state index contributed by atoms with van der Waals surface area (Å²) in [6, 6.07) is 4.47. The summed E-state index contributed by atoms with van der Waals surface area (Å²) >= 11 is 3.21. The number of aliphatic hydroxyl groups is 1. The van der Waals surface area contributed by atoms with Crippen LogP contribution in [0, 0.1) is 0 Å². The van der Waals surface area contributed by atoms with Crippen molar-refractivity contribution in [3.63, 3.8) is 0 Å². The Kier molecular flexibility index (Phi) is 7.30. The predicted octanol–water partition coefficient (Wildman–Crippen LogP) is 4.08. The van der Waals surface area contributed by atoms with Crippen LogP contribution in [0.2, 0.25) is 0 Å². The topological polar surface area (TPSA) is 62.4 Å². The number of thiophene rings is 1. The lowest BCUT2D eigenvalue weighted by molar-refractivity contribution is 0.100. The van der Waals surface area contributed by atoms with Crippen LogP contribution >= 0.6 is 35.1 Å². The number of thiazole rings is 1. The summed E-state index contributed by atoms with van der Waals surface area (Å²) in [5.74, 6) is 0. The molecular formula is C16H24ClN3OS2. The summed E-state index contributed by atoms with van der Waals surface area (Å²) < 4.78 is 0. The summed E-state index contributed by atoms with van der Waals surface area (Å²) in [6.07, 6.45) is 7.29. The summed E-state index contributed by atoms with van der Waals surface area (Å²) in [5, 5.41) is 13.2. The average molecular weight is 374 g/mol. The number of aliphatic hydroxyl groups excluding tert-OH is 1. The molecule has 2 unspecified atom stereocenters. The molecule has 4 nitrogen and oxygen atoms in total. The summed E-state index contributed by atoms with van der Waals surface area (Å²) in [6.45, 7) is 2.00. The molecule has 1 aliphatic heterocycles. The fourth-order valence-corrected chi connectivity index (χ4v) is 4.60. The Labute approximate surface area is 151 Å². The van der Waals surface area contributed by atoms with E-state index in [9.17, 15) is 5.11 Å². The van der Waals surface area contributed by atoms with Gasteiger partial charge in [0.2, 0.25) is 0 Å². The van der Waals surface area contributed by atoms with Crippen LogP contribution < -0.4 is 5.73 Å². The minimum absolute atomic E-state index is 0. The Bertz CT molecular complexity index is 576. The van der Waals surface area contributed by atoms with Gasteiger partial charge in [0.1, 0.15) is 0 Å². The summed E-state index contributed by atoms with van der Waals surface area (Å²) in [5.41, 5.74) is 5.74. The maximum absolute atomic E-state index is 10.5. The zero-order valence-electron chi connectivity index (χ0n) is 13.1. The van der Waals surface area contributed by atoms with Crippen molar-refractivity contribution in [2.45, 2.75) is 50.8 Å². The van der Waals surface area contributed by atoms with E-state index in [-0.39, 0.29) is 18.5 Å². The first-order chi connectivity index (χ1) is 10.7. The van der Waals surface area contributed by atoms with Crippen molar-refractivity contribution in [3.8, 4) is 0 Å². The Morgan fingerprint density at radius 2 is 2.26 bits per heavy atom. The lowest BCUT2D eigenvalue weighted by atomic mass is 10.0. The number of likely N-dealkylation sites (tertiary alicyclic amines) is 1. The summed E-state index contributed by atoms with van der Waals surface area (Å²) in [7, 11) is 0. The molecule has 0 aliphatic carbocycles. The molecule has 3 N–H and O–H groups in total. The van der Waals surface area contributed by atoms with Crippen molar-refractivity contribution < 1.29 is 5.11 Å². The van der Waals surface area contributed by atoms with E-state index in [1.165, 1.54) is 24.1 Å². The normalized spacial score (nSPS) is 20.7. The molecule has 23 heavy (non-hydrogen) atoms. The number of aromatic nitrogens is 1. The molecule has 128 valence electrons. The number of rotatable bonds is 5. The van der Waals surface area contributed by atoms with Gasteiger partial charge < -0.3 is 10.8 Å². The quantitative estimate of drug-likeness (QED) is 0.828. The van der Waals surface area contributed by atoms with Gasteiger partial charge in [0, 0.05) is 28.5 Å². The molecule has 1 fully saturated rings. The van der Waals surface area contributed by atoms with Crippen molar-refractivity contribution in [3.05, 3.63) is 33.5 Å². The SMILES string of the molecule is Cl.Nc1ncc(CN2CCCCCC2CC(O)c2cccs2)s1. The maximum atomic E-state index is 10.5. The second-order valence-electron chi connectivity index (χ2n) is 5.91. The van der Waals surface area contributed by atoms with Crippen LogP contribution in [0.4, 0.5) is 5.13 Å². The van der Waals surface area contributed by atoms with Gasteiger partial charge in [-0.05, 0) is 37.3 Å². The largest absolute Gasteiger partial charge is 0.388 e. The molecule has 3 heterocycles. The standard InChI is InChI=1S/C16H23N3OS2.ClH/c17-16-18-10-13(22-16)11-19-7-3-1-2-5-12(19)9-14(20)15-6-4-8-21-15;/h4,6,8,10,12,14,20H,1-3,5,7,9,11H2,(H2,17,18);1H. The van der Waals surface area contributed by atoms with Gasteiger partial charge in [-0.1, -0.05) is 18.9 Å². The number of anilines is 1. The third-order valence-corrected chi connectivity index (χ3v) is 6.08. The van der Waals surface area contributed by atoms with Crippen molar-refractivity contribution in [2.24, 2.45) is 0 Å². The number of hydrogen-bond acceptors (Lipinski definition) is 6. The van der Waals surface area contributed by atoms with E-state index >= 15 is 0 Å². The first-order valence-electron chi connectivity index (χ1n) is 7.88. The zero-order chi connectivity index (χ0) is 15.4. The first-order valence-corrected chi connectivity index (χ1v) is 9.57. The average Bonchev–Trinajstić information content (AvgIpc) is 3.12. The van der Waals surface area contributed by atoms with Crippen LogP contribution in [0.15, 0.2) is 23.7 Å². The predicted molar refractivity (Wildman–Crippen MR) is 100 cm³/mol. The molecule has 1 aliphatic rings. The molecule has 0 radical (unpaired) electrons. The maximum Gasteiger partial charge on any atom is 0.180 e. The van der Waals surface area contributed by atoms with E-state index in [1.54, 1.807) is 22.7 Å². The molecule has 0 saturated carbocycles. The van der Waals surface area contributed by atoms with Crippen molar-refractivity contribution in [2.75, 3.05) is 12.3 Å². The Morgan fingerprint density at radius 1 is 1.39 bits per heavy atom. The molecule has 0 amide bonds. The second kappa shape index (κ2) is 8.99. The van der Waals surface area contributed by atoms with E-state index in [4.69, 9.17) is 5.73 Å². The molecule has 2 aromatic rings. The number of nitrogens with two attached hydrogens (primary N) is 1. The Hall–Kier alpha value is -0.660. The van der Waals surface area contributed by atoms with Crippen LogP contribution in [-0.2, 0) is 6.54 Å². The first kappa shape index (κ1) is 18.7. The van der Waals surface area contributed by atoms with Gasteiger partial charge >= 0.3 is 0 Å². The van der Waals surface area contributed by atoms with Gasteiger partial charge in [-0.2, -0.15) is 0 Å². The molecule has 2 atom stereocenters. The van der Waals surface area contributed by atoms with Crippen LogP contribution in [0.1, 0.15) is 48.0 Å². The highest BCUT2D eigenvalue weighted by atomic mass is 35.5. The fraction of sp³-hybridized carbons (Fsp3) is 0.562. The molecule has 7 heteroatoms. The van der Waals surface area contributed by atoms with Crippen molar-refractivity contribution in [1.29, 1.82) is 0 Å². The van der Waals surface area contributed by atoms with Crippen molar-refractivity contribution in [1.82, 2.24) is 9.88 Å². The molecular weight excluding hydrogens is 350 g/mol. The third kappa shape index (κ3) is 5.16. The second-order valence-corrected chi connectivity index (χ2v) is 8.03. The zero-order valence-corrected chi connectivity index (χ0v) is 15.5.